The number of rotatable bonds is 4. The summed E-state index contributed by atoms with van der Waals surface area (Å²) in [6.45, 7) is 2.59. The van der Waals surface area contributed by atoms with Gasteiger partial charge in [0.25, 0.3) is 11.6 Å². The van der Waals surface area contributed by atoms with E-state index in [1.165, 1.54) is 11.0 Å². The lowest BCUT2D eigenvalue weighted by Crippen LogP contribution is -2.52. The molecule has 0 aromatic heterocycles. The minimum absolute atomic E-state index is 0.0155. The second-order valence-electron chi connectivity index (χ2n) is 7.59. The summed E-state index contributed by atoms with van der Waals surface area (Å²) in [7, 11) is 0. The Morgan fingerprint density at radius 3 is 2.46 bits per heavy atom. The van der Waals surface area contributed by atoms with Gasteiger partial charge in [-0.25, -0.2) is 9.69 Å². The minimum Gasteiger partial charge on any atom is -0.363 e. The highest BCUT2D eigenvalue weighted by molar-refractivity contribution is 6.30. The number of carbonyl (C=O) groups is 2. The highest BCUT2D eigenvalue weighted by atomic mass is 35.5. The summed E-state index contributed by atoms with van der Waals surface area (Å²) in [5, 5.41) is 14.5. The second kappa shape index (κ2) is 7.21. The molecule has 3 aliphatic rings. The molecule has 2 heterocycles. The zero-order chi connectivity index (χ0) is 19.9. The molecule has 1 saturated carbocycles. The number of imide groups is 1. The summed E-state index contributed by atoms with van der Waals surface area (Å²) in [5.41, 5.74) is -0.171. The van der Waals surface area contributed by atoms with Crippen LogP contribution in [0.2, 0.25) is 5.02 Å². The number of carbonyl (C=O) groups excluding carboxylic acids is 2. The summed E-state index contributed by atoms with van der Waals surface area (Å²) in [4.78, 5) is 41.3. The Balaban J connectivity index is 1.40. The third-order valence-electron chi connectivity index (χ3n) is 5.89. The first-order valence-corrected chi connectivity index (χ1v) is 9.83. The van der Waals surface area contributed by atoms with Crippen molar-refractivity contribution in [1.29, 1.82) is 0 Å². The molecule has 0 radical (unpaired) electrons. The monoisotopic (exact) mass is 407 g/mol. The fraction of sp³-hybridized carbons (Fsp3) is 0.556. The van der Waals surface area contributed by atoms with E-state index in [2.05, 4.69) is 5.32 Å². The fourth-order valence-corrected chi connectivity index (χ4v) is 4.53. The Bertz CT molecular complexity index is 818. The molecule has 1 aromatic rings. The number of amides is 3. The molecular formula is C18H22ClN5O4. The van der Waals surface area contributed by atoms with Gasteiger partial charge >= 0.3 is 6.03 Å². The van der Waals surface area contributed by atoms with Crippen LogP contribution in [0.25, 0.3) is 0 Å². The molecule has 1 aliphatic carbocycles. The van der Waals surface area contributed by atoms with Gasteiger partial charge in [-0.05, 0) is 25.0 Å². The third kappa shape index (κ3) is 3.29. The van der Waals surface area contributed by atoms with Crippen LogP contribution in [-0.4, -0.2) is 65.0 Å². The highest BCUT2D eigenvalue weighted by Gasteiger charge is 2.52. The van der Waals surface area contributed by atoms with Gasteiger partial charge in [0.15, 0.2) is 0 Å². The van der Waals surface area contributed by atoms with E-state index in [1.54, 1.807) is 12.1 Å². The molecule has 4 rings (SSSR count). The van der Waals surface area contributed by atoms with Gasteiger partial charge < -0.3 is 10.2 Å². The van der Waals surface area contributed by atoms with E-state index in [-0.39, 0.29) is 24.3 Å². The summed E-state index contributed by atoms with van der Waals surface area (Å²) in [6, 6.07) is 4.35. The Morgan fingerprint density at radius 2 is 1.82 bits per heavy atom. The van der Waals surface area contributed by atoms with Crippen LogP contribution in [0.15, 0.2) is 18.2 Å². The number of nitrogens with zero attached hydrogens (tertiary/aromatic N) is 4. The SMILES string of the molecule is O=C1NC2(CCCC2)C(=O)N1CN1CCN(c2ccc(Cl)cc2[N+](=O)[O-])CC1. The van der Waals surface area contributed by atoms with Gasteiger partial charge in [0, 0.05) is 37.3 Å². The van der Waals surface area contributed by atoms with Crippen molar-refractivity contribution in [3.8, 4) is 0 Å². The molecule has 2 saturated heterocycles. The van der Waals surface area contributed by atoms with E-state index >= 15 is 0 Å². The average molecular weight is 408 g/mol. The molecule has 10 heteroatoms. The normalized spacial score (nSPS) is 22.2. The summed E-state index contributed by atoms with van der Waals surface area (Å²) in [5.74, 6) is -0.120. The number of urea groups is 1. The van der Waals surface area contributed by atoms with E-state index in [0.717, 1.165) is 12.8 Å². The molecule has 1 spiro atoms. The lowest BCUT2D eigenvalue weighted by Gasteiger charge is -2.37. The Hall–Kier alpha value is -2.39. The number of nitrogens with one attached hydrogen (secondary N) is 1. The van der Waals surface area contributed by atoms with Crippen molar-refractivity contribution in [2.75, 3.05) is 37.7 Å². The quantitative estimate of drug-likeness (QED) is 0.466. The summed E-state index contributed by atoms with van der Waals surface area (Å²) in [6.07, 6.45) is 3.33. The van der Waals surface area contributed by atoms with E-state index in [4.69, 9.17) is 11.6 Å². The predicted octanol–water partition coefficient (Wildman–Crippen LogP) is 2.19. The maximum atomic E-state index is 12.8. The van der Waals surface area contributed by atoms with Crippen LogP contribution in [0.4, 0.5) is 16.2 Å². The van der Waals surface area contributed by atoms with Crippen LogP contribution >= 0.6 is 11.6 Å². The second-order valence-corrected chi connectivity index (χ2v) is 8.03. The molecule has 2 aliphatic heterocycles. The smallest absolute Gasteiger partial charge is 0.326 e. The average Bonchev–Trinajstić information content (AvgIpc) is 3.23. The number of hydrogen-bond donors (Lipinski definition) is 1. The van der Waals surface area contributed by atoms with Crippen molar-refractivity contribution < 1.29 is 14.5 Å². The van der Waals surface area contributed by atoms with Gasteiger partial charge in [-0.3, -0.25) is 19.8 Å². The number of nitro benzene ring substituents is 1. The Kier molecular flexibility index (Phi) is 4.88. The van der Waals surface area contributed by atoms with Crippen LogP contribution in [0, 0.1) is 10.1 Å². The first-order valence-electron chi connectivity index (χ1n) is 9.45. The molecule has 0 atom stereocenters. The fourth-order valence-electron chi connectivity index (χ4n) is 4.36. The maximum Gasteiger partial charge on any atom is 0.326 e. The molecule has 0 bridgehead atoms. The zero-order valence-corrected chi connectivity index (χ0v) is 16.2. The Labute approximate surface area is 167 Å². The van der Waals surface area contributed by atoms with Crippen LogP contribution < -0.4 is 10.2 Å². The van der Waals surface area contributed by atoms with E-state index in [1.807, 2.05) is 9.80 Å². The molecule has 3 fully saturated rings. The van der Waals surface area contributed by atoms with Crippen LogP contribution in [0.1, 0.15) is 25.7 Å². The van der Waals surface area contributed by atoms with Crippen molar-refractivity contribution in [2.45, 2.75) is 31.2 Å². The lowest BCUT2D eigenvalue weighted by atomic mass is 9.98. The van der Waals surface area contributed by atoms with E-state index in [9.17, 15) is 19.7 Å². The third-order valence-corrected chi connectivity index (χ3v) is 6.13. The number of anilines is 1. The van der Waals surface area contributed by atoms with Crippen molar-refractivity contribution >= 4 is 34.9 Å². The van der Waals surface area contributed by atoms with Crippen LogP contribution in [-0.2, 0) is 4.79 Å². The largest absolute Gasteiger partial charge is 0.363 e. The van der Waals surface area contributed by atoms with Gasteiger partial charge in [-0.15, -0.1) is 0 Å². The molecule has 0 unspecified atom stereocenters. The number of hydrogen-bond acceptors (Lipinski definition) is 6. The van der Waals surface area contributed by atoms with Crippen molar-refractivity contribution in [2.24, 2.45) is 0 Å². The maximum absolute atomic E-state index is 12.8. The number of nitro groups is 1. The van der Waals surface area contributed by atoms with Crippen molar-refractivity contribution in [3.63, 3.8) is 0 Å². The number of halogens is 1. The predicted molar refractivity (Wildman–Crippen MR) is 103 cm³/mol. The summed E-state index contributed by atoms with van der Waals surface area (Å²) < 4.78 is 0. The minimum atomic E-state index is -0.692. The summed E-state index contributed by atoms with van der Waals surface area (Å²) >= 11 is 5.89. The molecule has 1 aromatic carbocycles. The van der Waals surface area contributed by atoms with Gasteiger partial charge in [-0.2, -0.15) is 0 Å². The van der Waals surface area contributed by atoms with Gasteiger partial charge in [-0.1, -0.05) is 24.4 Å². The standard InChI is InChI=1S/C18H22ClN5O4/c19-13-3-4-14(15(11-13)24(27)28)22-9-7-21(8-10-22)12-23-16(25)18(20-17(23)26)5-1-2-6-18/h3-4,11H,1-2,5-10,12H2,(H,20,26). The van der Waals surface area contributed by atoms with Crippen molar-refractivity contribution in [1.82, 2.24) is 15.1 Å². The van der Waals surface area contributed by atoms with Crippen LogP contribution in [0.3, 0.4) is 0 Å². The molecule has 150 valence electrons. The number of benzene rings is 1. The number of piperazine rings is 1. The van der Waals surface area contributed by atoms with Gasteiger partial charge in [0.05, 0.1) is 11.6 Å². The van der Waals surface area contributed by atoms with E-state index in [0.29, 0.717) is 49.7 Å². The zero-order valence-electron chi connectivity index (χ0n) is 15.4. The molecule has 3 amide bonds. The molecular weight excluding hydrogens is 386 g/mol. The first kappa shape index (κ1) is 18.9. The van der Waals surface area contributed by atoms with Crippen LogP contribution in [0.5, 0.6) is 0 Å². The highest BCUT2D eigenvalue weighted by Crippen LogP contribution is 2.35. The van der Waals surface area contributed by atoms with Crippen molar-refractivity contribution in [3.05, 3.63) is 33.3 Å². The molecule has 9 nitrogen and oxygen atoms in total. The topological polar surface area (TPSA) is 99.0 Å². The Morgan fingerprint density at radius 1 is 1.14 bits per heavy atom. The van der Waals surface area contributed by atoms with Gasteiger partial charge in [0.2, 0.25) is 0 Å². The van der Waals surface area contributed by atoms with E-state index < -0.39 is 10.5 Å². The van der Waals surface area contributed by atoms with Gasteiger partial charge in [0.1, 0.15) is 11.2 Å². The molecule has 28 heavy (non-hydrogen) atoms. The first-order chi connectivity index (χ1) is 13.4. The lowest BCUT2D eigenvalue weighted by molar-refractivity contribution is -0.384. The molecule has 1 N–H and O–H groups in total.